The van der Waals surface area contributed by atoms with Crippen LogP contribution in [0.1, 0.15) is 86.0 Å². The molecule has 0 aliphatic heterocycles. The number of carboxylic acid groups (broad SMARTS) is 1. The summed E-state index contributed by atoms with van der Waals surface area (Å²) in [5.74, 6) is -0.453. The van der Waals surface area contributed by atoms with Crippen molar-refractivity contribution in [2.24, 2.45) is 39.2 Å². The van der Waals surface area contributed by atoms with E-state index in [1.54, 1.807) is 20.8 Å². The molecule has 0 aromatic heterocycles. The second kappa shape index (κ2) is 10.0. The number of aliphatic hydroxyl groups is 2. The van der Waals surface area contributed by atoms with Gasteiger partial charge >= 0.3 is 5.97 Å². The Hall–Kier alpha value is -2.26. The van der Waals surface area contributed by atoms with Gasteiger partial charge in [-0.3, -0.25) is 9.59 Å². The largest absolute Gasteiger partial charge is 0.479 e. The molecule has 0 saturated heterocycles. The van der Waals surface area contributed by atoms with E-state index < -0.39 is 29.0 Å². The van der Waals surface area contributed by atoms with Crippen molar-refractivity contribution in [3.8, 4) is 0 Å². The Morgan fingerprint density at radius 1 is 1.13 bits per heavy atom. The number of carboxylic acids is 1. The van der Waals surface area contributed by atoms with E-state index in [1.165, 1.54) is 5.57 Å². The monoisotopic (exact) mass is 532 g/mol. The smallest absolute Gasteiger partial charge is 0.333 e. The highest BCUT2D eigenvalue weighted by Gasteiger charge is 2.65. The molecule has 0 spiro atoms. The molecule has 7 atom stereocenters. The Morgan fingerprint density at radius 2 is 1.82 bits per heavy atom. The average molecular weight is 533 g/mol. The van der Waals surface area contributed by atoms with Crippen LogP contribution in [0.2, 0.25) is 0 Å². The third-order valence-corrected chi connectivity index (χ3v) is 10.8. The van der Waals surface area contributed by atoms with Gasteiger partial charge in [-0.15, -0.1) is 0 Å². The van der Waals surface area contributed by atoms with Gasteiger partial charge in [-0.05, 0) is 87.5 Å². The number of nitrogens with zero attached hydrogens (tertiary/aromatic N) is 1. The lowest BCUT2D eigenvalue weighted by Crippen LogP contribution is -2.57. The summed E-state index contributed by atoms with van der Waals surface area (Å²) in [5.41, 5.74) is -0.295. The average Bonchev–Trinajstić information content (AvgIpc) is 3.14. The van der Waals surface area contributed by atoms with Gasteiger partial charge in [0.15, 0.2) is 18.5 Å². The molecule has 38 heavy (non-hydrogen) atoms. The Balaban J connectivity index is 1.37. The van der Waals surface area contributed by atoms with E-state index in [0.29, 0.717) is 24.2 Å². The Labute approximate surface area is 225 Å². The summed E-state index contributed by atoms with van der Waals surface area (Å²) >= 11 is 0. The number of fused-ring (bicyclic) bond motifs is 5. The SMILES string of the molecule is CC(=O)[C@@]1(O)CC[C@H]2[C@@H]3CCC4=C/C(=N/OCC(=O)NCC(C)(C)[C@@H](O)C(=O)O)CC[C@]4(C)[C@H]3CC[C@@]21C. The van der Waals surface area contributed by atoms with Crippen LogP contribution in [-0.4, -0.2) is 63.5 Å². The maximum absolute atomic E-state index is 12.4. The second-order valence-electron chi connectivity index (χ2n) is 13.3. The highest BCUT2D eigenvalue weighted by atomic mass is 16.6. The number of carbonyl (C=O) groups excluding carboxylic acids is 2. The molecule has 1 amide bonds. The molecule has 3 fully saturated rings. The molecule has 0 aromatic rings. The van der Waals surface area contributed by atoms with Crippen molar-refractivity contribution in [1.29, 1.82) is 0 Å². The van der Waals surface area contributed by atoms with Crippen LogP contribution in [0.25, 0.3) is 0 Å². The number of rotatable bonds is 8. The van der Waals surface area contributed by atoms with Gasteiger partial charge in [0.2, 0.25) is 0 Å². The van der Waals surface area contributed by atoms with E-state index in [9.17, 15) is 24.6 Å². The fourth-order valence-electron chi connectivity index (χ4n) is 8.22. The van der Waals surface area contributed by atoms with E-state index in [2.05, 4.69) is 30.4 Å². The fraction of sp³-hybridized carbons (Fsp3) is 0.793. The number of hydrogen-bond acceptors (Lipinski definition) is 7. The van der Waals surface area contributed by atoms with Crippen LogP contribution in [0.15, 0.2) is 16.8 Å². The van der Waals surface area contributed by atoms with Crippen molar-refractivity contribution >= 4 is 23.4 Å². The third kappa shape index (κ3) is 4.70. The Morgan fingerprint density at radius 3 is 2.47 bits per heavy atom. The summed E-state index contributed by atoms with van der Waals surface area (Å²) in [4.78, 5) is 41.0. The zero-order valence-electron chi connectivity index (χ0n) is 23.4. The number of Topliss-reactive ketones (excluding diaryl/α,β-unsaturated/α-hetero) is 1. The van der Waals surface area contributed by atoms with Crippen LogP contribution in [0.3, 0.4) is 0 Å². The molecule has 9 nitrogen and oxygen atoms in total. The van der Waals surface area contributed by atoms with Crippen LogP contribution >= 0.6 is 0 Å². The van der Waals surface area contributed by atoms with Gasteiger partial charge in [0.05, 0.1) is 5.71 Å². The Kier molecular flexibility index (Phi) is 7.60. The number of carbonyl (C=O) groups is 3. The quantitative estimate of drug-likeness (QED) is 0.351. The van der Waals surface area contributed by atoms with E-state index in [0.717, 1.165) is 50.7 Å². The van der Waals surface area contributed by atoms with Crippen molar-refractivity contribution in [1.82, 2.24) is 5.32 Å². The zero-order valence-corrected chi connectivity index (χ0v) is 23.4. The van der Waals surface area contributed by atoms with Crippen molar-refractivity contribution in [2.75, 3.05) is 13.2 Å². The second-order valence-corrected chi connectivity index (χ2v) is 13.3. The number of aliphatic carboxylic acids is 1. The summed E-state index contributed by atoms with van der Waals surface area (Å²) in [7, 11) is 0. The van der Waals surface area contributed by atoms with E-state index in [1.807, 2.05) is 0 Å². The highest BCUT2D eigenvalue weighted by Crippen LogP contribution is 2.67. The number of oxime groups is 1. The van der Waals surface area contributed by atoms with E-state index in [-0.39, 0.29) is 29.8 Å². The molecular formula is C29H44N2O7. The molecule has 9 heteroatoms. The minimum atomic E-state index is -1.59. The standard InChI is InChI=1S/C29H44N2O7/c1-17(32)29(37)13-10-22-20-7-6-18-14-19(8-11-27(18,4)21(20)9-12-28(22,29)5)31-38-15-23(33)30-16-26(2,3)24(34)25(35)36/h14,20-22,24,34,37H,6-13,15-16H2,1-5H3,(H,30,33)(H,35,36)/b31-19+/t20-,21+,22+,24+,27+,28+,29+/m1/s1. The van der Waals surface area contributed by atoms with Crippen LogP contribution in [0.4, 0.5) is 0 Å². The Bertz CT molecular complexity index is 1050. The number of amides is 1. The van der Waals surface area contributed by atoms with Crippen LogP contribution in [-0.2, 0) is 19.2 Å². The molecule has 0 aromatic carbocycles. The first-order chi connectivity index (χ1) is 17.7. The molecule has 0 heterocycles. The summed E-state index contributed by atoms with van der Waals surface area (Å²) < 4.78 is 0. The number of allylic oxidation sites excluding steroid dienone is 2. The highest BCUT2D eigenvalue weighted by molar-refractivity contribution is 5.96. The molecule has 0 radical (unpaired) electrons. The summed E-state index contributed by atoms with van der Waals surface area (Å²) in [5, 5.41) is 36.9. The lowest BCUT2D eigenvalue weighted by Gasteiger charge is -2.59. The van der Waals surface area contributed by atoms with Gasteiger partial charge in [-0.2, -0.15) is 0 Å². The van der Waals surface area contributed by atoms with Gasteiger partial charge < -0.3 is 25.5 Å². The minimum Gasteiger partial charge on any atom is -0.479 e. The maximum Gasteiger partial charge on any atom is 0.333 e. The minimum absolute atomic E-state index is 0.00590. The lowest BCUT2D eigenvalue weighted by molar-refractivity contribution is -0.159. The first-order valence-electron chi connectivity index (χ1n) is 14.0. The van der Waals surface area contributed by atoms with Crippen molar-refractivity contribution < 1.29 is 34.5 Å². The normalized spacial score (nSPS) is 38.3. The molecule has 4 aliphatic carbocycles. The lowest BCUT2D eigenvalue weighted by atomic mass is 9.46. The van der Waals surface area contributed by atoms with Gasteiger partial charge in [0, 0.05) is 17.4 Å². The first kappa shape index (κ1) is 28.7. The summed E-state index contributed by atoms with van der Waals surface area (Å²) in [6.45, 7) is 8.89. The van der Waals surface area contributed by atoms with Gasteiger partial charge in [0.25, 0.3) is 5.91 Å². The van der Waals surface area contributed by atoms with E-state index >= 15 is 0 Å². The van der Waals surface area contributed by atoms with Gasteiger partial charge in [-0.25, -0.2) is 4.79 Å². The van der Waals surface area contributed by atoms with E-state index in [4.69, 9.17) is 9.94 Å². The topological polar surface area (TPSA) is 146 Å². The number of aliphatic hydroxyl groups excluding tert-OH is 1. The molecule has 0 bridgehead atoms. The molecular weight excluding hydrogens is 488 g/mol. The summed E-state index contributed by atoms with van der Waals surface area (Å²) in [6.07, 6.45) is 7.64. The van der Waals surface area contributed by atoms with Crippen molar-refractivity contribution in [2.45, 2.75) is 97.7 Å². The first-order valence-corrected chi connectivity index (χ1v) is 14.0. The van der Waals surface area contributed by atoms with Crippen LogP contribution < -0.4 is 5.32 Å². The molecule has 4 aliphatic rings. The predicted octanol–water partition coefficient (Wildman–Crippen LogP) is 3.23. The van der Waals surface area contributed by atoms with Crippen molar-refractivity contribution in [3.63, 3.8) is 0 Å². The molecule has 212 valence electrons. The van der Waals surface area contributed by atoms with Crippen LogP contribution in [0.5, 0.6) is 0 Å². The summed E-state index contributed by atoms with van der Waals surface area (Å²) in [6, 6.07) is 0. The molecule has 4 rings (SSSR count). The number of nitrogens with one attached hydrogen (secondary N) is 1. The predicted molar refractivity (Wildman–Crippen MR) is 141 cm³/mol. The molecule has 4 N–H and O–H groups in total. The number of ketones is 1. The van der Waals surface area contributed by atoms with Crippen molar-refractivity contribution in [3.05, 3.63) is 11.6 Å². The third-order valence-electron chi connectivity index (χ3n) is 10.8. The molecule has 3 saturated carbocycles. The fourth-order valence-corrected chi connectivity index (χ4v) is 8.22. The number of hydrogen-bond donors (Lipinski definition) is 4. The molecule has 0 unspecified atom stereocenters. The van der Waals surface area contributed by atoms with Gasteiger partial charge in [-0.1, -0.05) is 38.4 Å². The van der Waals surface area contributed by atoms with Gasteiger partial charge in [0.1, 0.15) is 5.60 Å². The van der Waals surface area contributed by atoms with Crippen LogP contribution in [0, 0.1) is 34.0 Å². The maximum atomic E-state index is 12.4. The zero-order chi connectivity index (χ0) is 28.1.